The van der Waals surface area contributed by atoms with Crippen LogP contribution in [0.5, 0.6) is 17.2 Å². The highest BCUT2D eigenvalue weighted by atomic mass is 16.9. The van der Waals surface area contributed by atoms with Crippen LogP contribution in [-0.4, -0.2) is 5.97 Å². The summed E-state index contributed by atoms with van der Waals surface area (Å²) in [4.78, 5) is 0. The third-order valence-corrected chi connectivity index (χ3v) is 6.13. The maximum absolute atomic E-state index is 6.58. The van der Waals surface area contributed by atoms with Crippen LogP contribution < -0.4 is 14.2 Å². The number of hydrogen-bond acceptors (Lipinski definition) is 3. The Morgan fingerprint density at radius 1 is 0.371 bits per heavy atom. The number of ether oxygens (including phenoxy) is 3. The molecule has 0 N–H and O–H groups in total. The minimum absolute atomic E-state index is 0.686. The molecule has 6 rings (SSSR count). The molecule has 6 aromatic rings. The van der Waals surface area contributed by atoms with E-state index in [1.165, 1.54) is 0 Å². The van der Waals surface area contributed by atoms with Crippen molar-refractivity contribution in [3.63, 3.8) is 0 Å². The van der Waals surface area contributed by atoms with E-state index in [-0.39, 0.29) is 0 Å². The van der Waals surface area contributed by atoms with Gasteiger partial charge in [0.05, 0.1) is 6.92 Å². The average molecular weight is 457 g/mol. The zero-order valence-corrected chi connectivity index (χ0v) is 19.3. The van der Waals surface area contributed by atoms with Crippen molar-refractivity contribution >= 4 is 32.3 Å². The van der Waals surface area contributed by atoms with Gasteiger partial charge in [-0.3, -0.25) is 0 Å². The second-order valence-electron chi connectivity index (χ2n) is 8.60. The lowest BCUT2D eigenvalue weighted by Gasteiger charge is -2.32. The smallest absolute Gasteiger partial charge is 0.414 e. The molecule has 0 bridgehead atoms. The number of benzene rings is 6. The largest absolute Gasteiger partial charge is 0.420 e. The summed E-state index contributed by atoms with van der Waals surface area (Å²) in [6, 6.07) is 42.4. The molecular formula is C32H24O3. The maximum atomic E-state index is 6.58. The Balaban J connectivity index is 1.47. The summed E-state index contributed by atoms with van der Waals surface area (Å²) >= 11 is 0. The lowest BCUT2D eigenvalue weighted by molar-refractivity contribution is -0.236. The van der Waals surface area contributed by atoms with Crippen molar-refractivity contribution in [2.45, 2.75) is 12.9 Å². The average Bonchev–Trinajstić information content (AvgIpc) is 2.89. The van der Waals surface area contributed by atoms with Gasteiger partial charge in [0.2, 0.25) is 0 Å². The van der Waals surface area contributed by atoms with E-state index < -0.39 is 5.97 Å². The molecule has 0 aromatic heterocycles. The van der Waals surface area contributed by atoms with Gasteiger partial charge in [0.1, 0.15) is 17.2 Å². The van der Waals surface area contributed by atoms with Gasteiger partial charge < -0.3 is 14.2 Å². The second-order valence-corrected chi connectivity index (χ2v) is 8.60. The normalized spacial score (nSPS) is 11.6. The Hall–Kier alpha value is -4.50. The van der Waals surface area contributed by atoms with Gasteiger partial charge in [-0.15, -0.1) is 0 Å². The van der Waals surface area contributed by atoms with E-state index in [1.54, 1.807) is 0 Å². The van der Waals surface area contributed by atoms with Gasteiger partial charge in [-0.05, 0) is 34.4 Å². The van der Waals surface area contributed by atoms with Crippen LogP contribution in [0.3, 0.4) is 0 Å². The topological polar surface area (TPSA) is 27.7 Å². The molecule has 0 saturated heterocycles. The van der Waals surface area contributed by atoms with Gasteiger partial charge in [-0.25, -0.2) is 0 Å². The first-order chi connectivity index (χ1) is 17.2. The maximum Gasteiger partial charge on any atom is 0.414 e. The number of rotatable bonds is 6. The Labute approximate surface area is 204 Å². The van der Waals surface area contributed by atoms with Gasteiger partial charge in [0.25, 0.3) is 0 Å². The highest BCUT2D eigenvalue weighted by molar-refractivity contribution is 5.90. The molecule has 0 spiro atoms. The Morgan fingerprint density at radius 3 is 1.00 bits per heavy atom. The van der Waals surface area contributed by atoms with Crippen LogP contribution >= 0.6 is 0 Å². The van der Waals surface area contributed by atoms with E-state index in [4.69, 9.17) is 14.2 Å². The van der Waals surface area contributed by atoms with Crippen LogP contribution in [0.15, 0.2) is 127 Å². The van der Waals surface area contributed by atoms with E-state index in [0.717, 1.165) is 32.3 Å². The van der Waals surface area contributed by atoms with E-state index in [9.17, 15) is 0 Å². The van der Waals surface area contributed by atoms with Crippen molar-refractivity contribution in [2.75, 3.05) is 0 Å². The summed E-state index contributed by atoms with van der Waals surface area (Å²) in [5.74, 6) is 0.612. The fraction of sp³-hybridized carbons (Fsp3) is 0.0625. The fourth-order valence-corrected chi connectivity index (χ4v) is 4.52. The molecule has 0 aliphatic carbocycles. The first-order valence-electron chi connectivity index (χ1n) is 11.7. The second kappa shape index (κ2) is 8.69. The molecular weight excluding hydrogens is 432 g/mol. The van der Waals surface area contributed by atoms with Gasteiger partial charge >= 0.3 is 5.97 Å². The van der Waals surface area contributed by atoms with Gasteiger partial charge in [-0.2, -0.15) is 0 Å². The molecule has 35 heavy (non-hydrogen) atoms. The molecule has 6 aromatic carbocycles. The van der Waals surface area contributed by atoms with Gasteiger partial charge in [0.15, 0.2) is 0 Å². The van der Waals surface area contributed by atoms with Crippen molar-refractivity contribution < 1.29 is 14.2 Å². The highest BCUT2D eigenvalue weighted by Gasteiger charge is 2.34. The third-order valence-electron chi connectivity index (χ3n) is 6.13. The van der Waals surface area contributed by atoms with Crippen LogP contribution in [0.4, 0.5) is 0 Å². The molecule has 0 saturated carbocycles. The number of hydrogen-bond donors (Lipinski definition) is 0. The molecule has 3 nitrogen and oxygen atoms in total. The standard InChI is InChI=1S/C32H24O3/c1-32(33-29-20-8-14-23-11-2-5-17-26(23)29,34-30-21-9-15-24-12-3-6-18-27(24)30)35-31-22-10-16-25-13-4-7-19-28(25)31/h2-22H,1H3. The van der Waals surface area contributed by atoms with Gasteiger partial charge in [0, 0.05) is 16.2 Å². The van der Waals surface area contributed by atoms with Crippen LogP contribution in [0, 0.1) is 0 Å². The minimum Gasteiger partial charge on any atom is -0.420 e. The zero-order valence-electron chi connectivity index (χ0n) is 19.3. The van der Waals surface area contributed by atoms with Crippen molar-refractivity contribution in [3.8, 4) is 17.2 Å². The van der Waals surface area contributed by atoms with Crippen LogP contribution in [-0.2, 0) is 0 Å². The van der Waals surface area contributed by atoms with E-state index in [0.29, 0.717) is 17.2 Å². The van der Waals surface area contributed by atoms with Crippen LogP contribution in [0.2, 0.25) is 0 Å². The monoisotopic (exact) mass is 456 g/mol. The molecule has 0 aliphatic rings. The summed E-state index contributed by atoms with van der Waals surface area (Å²) in [7, 11) is 0. The minimum atomic E-state index is -1.45. The lowest BCUT2D eigenvalue weighted by Crippen LogP contribution is -2.45. The summed E-state index contributed by atoms with van der Waals surface area (Å²) in [6.45, 7) is 1.82. The first kappa shape index (κ1) is 21.1. The Bertz CT molecular complexity index is 1440. The first-order valence-corrected chi connectivity index (χ1v) is 11.7. The Kier molecular flexibility index (Phi) is 5.23. The molecule has 0 heterocycles. The van der Waals surface area contributed by atoms with Crippen LogP contribution in [0.25, 0.3) is 32.3 Å². The molecule has 0 atom stereocenters. The van der Waals surface area contributed by atoms with Gasteiger partial charge in [-0.1, -0.05) is 109 Å². The zero-order chi connectivity index (χ0) is 23.7. The summed E-state index contributed by atoms with van der Waals surface area (Å²) in [6.07, 6.45) is 0. The van der Waals surface area contributed by atoms with E-state index >= 15 is 0 Å². The Morgan fingerprint density at radius 2 is 0.657 bits per heavy atom. The van der Waals surface area contributed by atoms with Crippen molar-refractivity contribution in [1.29, 1.82) is 0 Å². The fourth-order valence-electron chi connectivity index (χ4n) is 4.52. The third kappa shape index (κ3) is 4.13. The quantitative estimate of drug-likeness (QED) is 0.236. The summed E-state index contributed by atoms with van der Waals surface area (Å²) < 4.78 is 19.7. The number of fused-ring (bicyclic) bond motifs is 3. The molecule has 0 radical (unpaired) electrons. The molecule has 170 valence electrons. The predicted molar refractivity (Wildman–Crippen MR) is 142 cm³/mol. The van der Waals surface area contributed by atoms with E-state index in [1.807, 2.05) is 97.9 Å². The van der Waals surface area contributed by atoms with Crippen LogP contribution in [0.1, 0.15) is 6.92 Å². The summed E-state index contributed by atoms with van der Waals surface area (Å²) in [5, 5.41) is 6.23. The SMILES string of the molecule is CC(Oc1cccc2ccccc12)(Oc1cccc2ccccc12)Oc1cccc2ccccc12. The van der Waals surface area contributed by atoms with Crippen molar-refractivity contribution in [2.24, 2.45) is 0 Å². The van der Waals surface area contributed by atoms with Crippen molar-refractivity contribution in [1.82, 2.24) is 0 Å². The molecule has 0 unspecified atom stereocenters. The van der Waals surface area contributed by atoms with Crippen molar-refractivity contribution in [3.05, 3.63) is 127 Å². The summed E-state index contributed by atoms with van der Waals surface area (Å²) in [5.41, 5.74) is 0. The molecule has 3 heteroatoms. The molecule has 0 amide bonds. The highest BCUT2D eigenvalue weighted by Crippen LogP contribution is 2.36. The lowest BCUT2D eigenvalue weighted by atomic mass is 10.1. The van der Waals surface area contributed by atoms with E-state index in [2.05, 4.69) is 36.4 Å². The molecule has 0 aliphatic heterocycles. The predicted octanol–water partition coefficient (Wildman–Crippen LogP) is 8.36. The molecule has 0 fully saturated rings.